The Morgan fingerprint density at radius 1 is 1.43 bits per heavy atom. The summed E-state index contributed by atoms with van der Waals surface area (Å²) in [5, 5.41) is 1.68. The van der Waals surface area contributed by atoms with Gasteiger partial charge in [0.25, 0.3) is 0 Å². The van der Waals surface area contributed by atoms with E-state index in [0.29, 0.717) is 0 Å². The molecule has 0 spiro atoms. The molecule has 0 aliphatic rings. The summed E-state index contributed by atoms with van der Waals surface area (Å²) in [5.41, 5.74) is 0.875. The topological polar surface area (TPSA) is 38.7 Å². The number of rotatable bonds is 2. The highest BCUT2D eigenvalue weighted by molar-refractivity contribution is 9.11. The summed E-state index contributed by atoms with van der Waals surface area (Å²) in [6.07, 6.45) is 5.49. The van der Waals surface area contributed by atoms with Crippen molar-refractivity contribution in [3.8, 4) is 10.7 Å². The van der Waals surface area contributed by atoms with Gasteiger partial charge >= 0.3 is 0 Å². The number of thiazole rings is 1. The molecule has 0 radical (unpaired) electrons. The fourth-order valence-electron chi connectivity index (χ4n) is 0.931. The van der Waals surface area contributed by atoms with E-state index in [1.165, 1.54) is 11.8 Å². The van der Waals surface area contributed by atoms with Crippen LogP contribution in [-0.4, -0.2) is 21.2 Å². The van der Waals surface area contributed by atoms with Crippen molar-refractivity contribution in [2.45, 2.75) is 5.16 Å². The molecule has 2 rings (SSSR count). The zero-order valence-electron chi connectivity index (χ0n) is 7.27. The summed E-state index contributed by atoms with van der Waals surface area (Å²) in [5.74, 6) is 0. The minimum Gasteiger partial charge on any atom is -0.242 e. The average Bonchev–Trinajstić information content (AvgIpc) is 2.65. The summed E-state index contributed by atoms with van der Waals surface area (Å²) in [6, 6.07) is 1.87. The molecule has 0 amide bonds. The normalized spacial score (nSPS) is 10.4. The Hall–Kier alpha value is -0.460. The quantitative estimate of drug-likeness (QED) is 0.629. The molecular weight excluding hydrogens is 282 g/mol. The van der Waals surface area contributed by atoms with Gasteiger partial charge in [0.1, 0.15) is 10.7 Å². The molecule has 0 aromatic carbocycles. The fraction of sp³-hybridized carbons (Fsp3) is 0.125. The SMILES string of the molecule is CSc1nccc(-c2ncc(Br)s2)n1. The number of nitrogens with zero attached hydrogens (tertiary/aromatic N) is 3. The van der Waals surface area contributed by atoms with Crippen LogP contribution in [0.5, 0.6) is 0 Å². The van der Waals surface area contributed by atoms with Crippen LogP contribution in [0.3, 0.4) is 0 Å². The van der Waals surface area contributed by atoms with Crippen LogP contribution in [0.4, 0.5) is 0 Å². The number of halogens is 1. The third-order valence-corrected chi connectivity index (χ3v) is 3.57. The van der Waals surface area contributed by atoms with Gasteiger partial charge in [0.2, 0.25) is 0 Å². The first kappa shape index (κ1) is 10.1. The van der Waals surface area contributed by atoms with Crippen LogP contribution in [0.1, 0.15) is 0 Å². The van der Waals surface area contributed by atoms with Gasteiger partial charge in [-0.05, 0) is 28.3 Å². The summed E-state index contributed by atoms with van der Waals surface area (Å²) < 4.78 is 1.01. The Kier molecular flexibility index (Phi) is 3.15. The first-order valence-corrected chi connectivity index (χ1v) is 6.62. The van der Waals surface area contributed by atoms with Crippen LogP contribution in [0, 0.1) is 0 Å². The molecule has 0 aliphatic carbocycles. The van der Waals surface area contributed by atoms with E-state index in [1.54, 1.807) is 23.7 Å². The van der Waals surface area contributed by atoms with Crippen LogP contribution in [0.2, 0.25) is 0 Å². The van der Waals surface area contributed by atoms with Gasteiger partial charge in [-0.2, -0.15) is 0 Å². The van der Waals surface area contributed by atoms with E-state index in [4.69, 9.17) is 0 Å². The van der Waals surface area contributed by atoms with Gasteiger partial charge in [-0.25, -0.2) is 15.0 Å². The predicted octanol–water partition coefficient (Wildman–Crippen LogP) is 3.08. The van der Waals surface area contributed by atoms with Crippen molar-refractivity contribution in [3.05, 3.63) is 22.2 Å². The number of thioether (sulfide) groups is 1. The zero-order chi connectivity index (χ0) is 9.97. The largest absolute Gasteiger partial charge is 0.242 e. The third-order valence-electron chi connectivity index (χ3n) is 1.51. The van der Waals surface area contributed by atoms with Gasteiger partial charge in [-0.1, -0.05) is 11.8 Å². The van der Waals surface area contributed by atoms with Gasteiger partial charge in [-0.15, -0.1) is 11.3 Å². The highest BCUT2D eigenvalue weighted by Gasteiger charge is 2.05. The lowest BCUT2D eigenvalue weighted by molar-refractivity contribution is 0.974. The predicted molar refractivity (Wildman–Crippen MR) is 62.6 cm³/mol. The summed E-state index contributed by atoms with van der Waals surface area (Å²) in [7, 11) is 0. The minimum atomic E-state index is 0.772. The van der Waals surface area contributed by atoms with Crippen molar-refractivity contribution in [3.63, 3.8) is 0 Å². The molecule has 14 heavy (non-hydrogen) atoms. The summed E-state index contributed by atoms with van der Waals surface area (Å²) >= 11 is 6.47. The lowest BCUT2D eigenvalue weighted by Crippen LogP contribution is -1.87. The molecule has 3 nitrogen and oxygen atoms in total. The Balaban J connectivity index is 2.41. The van der Waals surface area contributed by atoms with Crippen molar-refractivity contribution in [2.75, 3.05) is 6.26 Å². The Bertz CT molecular complexity index is 444. The van der Waals surface area contributed by atoms with Crippen LogP contribution in [0.15, 0.2) is 27.4 Å². The molecule has 0 atom stereocenters. The summed E-state index contributed by atoms with van der Waals surface area (Å²) in [4.78, 5) is 12.7. The maximum Gasteiger partial charge on any atom is 0.187 e. The van der Waals surface area contributed by atoms with E-state index in [0.717, 1.165) is 19.6 Å². The van der Waals surface area contributed by atoms with E-state index in [9.17, 15) is 0 Å². The first-order valence-electron chi connectivity index (χ1n) is 3.78. The maximum absolute atomic E-state index is 4.35. The van der Waals surface area contributed by atoms with E-state index in [2.05, 4.69) is 30.9 Å². The van der Waals surface area contributed by atoms with Gasteiger partial charge in [0.05, 0.1) is 9.98 Å². The van der Waals surface area contributed by atoms with Gasteiger partial charge < -0.3 is 0 Å². The van der Waals surface area contributed by atoms with Crippen LogP contribution in [0.25, 0.3) is 10.7 Å². The molecule has 0 unspecified atom stereocenters. The number of hydrogen-bond acceptors (Lipinski definition) is 5. The molecule has 0 saturated heterocycles. The highest BCUT2D eigenvalue weighted by Crippen LogP contribution is 2.27. The van der Waals surface area contributed by atoms with E-state index in [1.807, 2.05) is 12.3 Å². The molecule has 0 aliphatic heterocycles. The second kappa shape index (κ2) is 4.37. The van der Waals surface area contributed by atoms with E-state index in [-0.39, 0.29) is 0 Å². The molecule has 0 N–H and O–H groups in total. The summed E-state index contributed by atoms with van der Waals surface area (Å²) in [6.45, 7) is 0. The second-order valence-electron chi connectivity index (χ2n) is 2.40. The second-order valence-corrected chi connectivity index (χ2v) is 5.58. The van der Waals surface area contributed by atoms with Gasteiger partial charge in [0, 0.05) is 6.20 Å². The minimum absolute atomic E-state index is 0.772. The molecule has 0 fully saturated rings. The van der Waals surface area contributed by atoms with Crippen molar-refractivity contribution in [2.24, 2.45) is 0 Å². The lowest BCUT2D eigenvalue weighted by atomic mass is 10.4. The van der Waals surface area contributed by atoms with Crippen LogP contribution >= 0.6 is 39.0 Å². The Morgan fingerprint density at radius 3 is 2.93 bits per heavy atom. The molecule has 2 heterocycles. The van der Waals surface area contributed by atoms with E-state index >= 15 is 0 Å². The molecule has 0 bridgehead atoms. The van der Waals surface area contributed by atoms with Crippen molar-refractivity contribution in [1.29, 1.82) is 0 Å². The lowest BCUT2D eigenvalue weighted by Gasteiger charge is -1.96. The molecule has 72 valence electrons. The molecular formula is C8H6BrN3S2. The standard InChI is InChI=1S/C8H6BrN3S2/c1-13-8-10-3-2-5(12-8)7-11-4-6(9)14-7/h2-4H,1H3. The Morgan fingerprint density at radius 2 is 2.29 bits per heavy atom. The van der Waals surface area contributed by atoms with Crippen molar-refractivity contribution in [1.82, 2.24) is 15.0 Å². The smallest absolute Gasteiger partial charge is 0.187 e. The third kappa shape index (κ3) is 2.13. The molecule has 6 heteroatoms. The first-order chi connectivity index (χ1) is 6.79. The molecule has 0 saturated carbocycles. The van der Waals surface area contributed by atoms with Gasteiger partial charge in [-0.3, -0.25) is 0 Å². The number of aromatic nitrogens is 3. The van der Waals surface area contributed by atoms with Crippen molar-refractivity contribution >= 4 is 39.0 Å². The fourth-order valence-corrected chi connectivity index (χ4v) is 2.46. The van der Waals surface area contributed by atoms with Crippen LogP contribution in [-0.2, 0) is 0 Å². The maximum atomic E-state index is 4.35. The average molecular weight is 288 g/mol. The van der Waals surface area contributed by atoms with Gasteiger partial charge in [0.15, 0.2) is 5.16 Å². The Labute approximate surface area is 98.1 Å². The van der Waals surface area contributed by atoms with Crippen LogP contribution < -0.4 is 0 Å². The van der Waals surface area contributed by atoms with E-state index < -0.39 is 0 Å². The molecule has 2 aromatic rings. The monoisotopic (exact) mass is 287 g/mol. The number of hydrogen-bond donors (Lipinski definition) is 0. The zero-order valence-corrected chi connectivity index (χ0v) is 10.5. The van der Waals surface area contributed by atoms with Crippen molar-refractivity contribution < 1.29 is 0 Å². The highest BCUT2D eigenvalue weighted by atomic mass is 79.9. The molecule has 2 aromatic heterocycles.